The fraction of sp³-hybridized carbons (Fsp3) is 0.267. The number of amides is 1. The van der Waals surface area contributed by atoms with Crippen molar-refractivity contribution in [1.82, 2.24) is 5.32 Å². The molecule has 8 heteroatoms. The van der Waals surface area contributed by atoms with Crippen LogP contribution in [0.5, 0.6) is 5.75 Å². The average molecular weight is 329 g/mol. The van der Waals surface area contributed by atoms with Gasteiger partial charge >= 0.3 is 6.36 Å². The fourth-order valence-electron chi connectivity index (χ4n) is 1.86. The molecule has 1 N–H and O–H groups in total. The molecular formula is C15H14F3NO4. The number of halogens is 3. The molecule has 1 aromatic carbocycles. The molecule has 1 heterocycles. The fourth-order valence-corrected chi connectivity index (χ4v) is 1.86. The Morgan fingerprint density at radius 1 is 1.22 bits per heavy atom. The van der Waals surface area contributed by atoms with Gasteiger partial charge in [-0.05, 0) is 18.2 Å². The molecule has 0 saturated carbocycles. The highest BCUT2D eigenvalue weighted by atomic mass is 19.4. The molecule has 0 bridgehead atoms. The van der Waals surface area contributed by atoms with Gasteiger partial charge in [-0.1, -0.05) is 18.2 Å². The minimum atomic E-state index is -4.80. The van der Waals surface area contributed by atoms with Crippen molar-refractivity contribution in [3.63, 3.8) is 0 Å². The third kappa shape index (κ3) is 5.03. The van der Waals surface area contributed by atoms with Crippen molar-refractivity contribution in [3.05, 3.63) is 53.5 Å². The van der Waals surface area contributed by atoms with Crippen LogP contribution in [0.15, 0.2) is 40.8 Å². The quantitative estimate of drug-likeness (QED) is 0.884. The van der Waals surface area contributed by atoms with E-state index < -0.39 is 12.3 Å². The molecular weight excluding hydrogens is 315 g/mol. The highest BCUT2D eigenvalue weighted by molar-refractivity contribution is 5.91. The third-order valence-corrected chi connectivity index (χ3v) is 2.81. The molecule has 0 radical (unpaired) electrons. The maximum Gasteiger partial charge on any atom is 0.573 e. The van der Waals surface area contributed by atoms with Gasteiger partial charge in [-0.25, -0.2) is 0 Å². The van der Waals surface area contributed by atoms with E-state index in [-0.39, 0.29) is 30.2 Å². The monoisotopic (exact) mass is 329 g/mol. The summed E-state index contributed by atoms with van der Waals surface area (Å²) in [4.78, 5) is 11.9. The Morgan fingerprint density at radius 3 is 2.65 bits per heavy atom. The Hall–Kier alpha value is -2.48. The van der Waals surface area contributed by atoms with Crippen LogP contribution in [0.3, 0.4) is 0 Å². The highest BCUT2D eigenvalue weighted by Gasteiger charge is 2.32. The van der Waals surface area contributed by atoms with Crippen molar-refractivity contribution in [2.45, 2.75) is 19.5 Å². The first-order valence-electron chi connectivity index (χ1n) is 6.58. The summed E-state index contributed by atoms with van der Waals surface area (Å²) in [7, 11) is 1.49. The number of carbonyl (C=O) groups excluding carboxylic acids is 1. The molecule has 1 amide bonds. The number of carbonyl (C=O) groups is 1. The Balaban J connectivity index is 2.01. The van der Waals surface area contributed by atoms with Gasteiger partial charge in [-0.15, -0.1) is 13.2 Å². The van der Waals surface area contributed by atoms with Crippen LogP contribution in [-0.4, -0.2) is 19.4 Å². The van der Waals surface area contributed by atoms with Crippen molar-refractivity contribution in [3.8, 4) is 5.75 Å². The van der Waals surface area contributed by atoms with Crippen LogP contribution in [0.1, 0.15) is 21.9 Å². The highest BCUT2D eigenvalue weighted by Crippen LogP contribution is 2.26. The summed E-state index contributed by atoms with van der Waals surface area (Å²) in [6.07, 6.45) is -4.80. The molecule has 5 nitrogen and oxygen atoms in total. The number of furan rings is 1. The van der Waals surface area contributed by atoms with Crippen LogP contribution < -0.4 is 10.1 Å². The smallest absolute Gasteiger partial charge is 0.453 e. The van der Waals surface area contributed by atoms with E-state index in [0.29, 0.717) is 5.76 Å². The average Bonchev–Trinajstić information content (AvgIpc) is 2.93. The molecule has 2 aromatic rings. The maximum atomic E-state index is 12.3. The van der Waals surface area contributed by atoms with Crippen molar-refractivity contribution < 1.29 is 31.9 Å². The molecule has 0 unspecified atom stereocenters. The van der Waals surface area contributed by atoms with Crippen LogP contribution in [0.25, 0.3) is 0 Å². The van der Waals surface area contributed by atoms with E-state index in [4.69, 9.17) is 9.15 Å². The van der Waals surface area contributed by atoms with Crippen molar-refractivity contribution in [2.75, 3.05) is 7.11 Å². The SMILES string of the molecule is COCc1ccc(C(=O)NCc2ccccc2OC(F)(F)F)o1. The molecule has 0 saturated heterocycles. The van der Waals surface area contributed by atoms with Crippen molar-refractivity contribution in [2.24, 2.45) is 0 Å². The standard InChI is InChI=1S/C15H14F3NO4/c1-21-9-11-6-7-13(22-11)14(20)19-8-10-4-2-3-5-12(10)23-15(16,17)18/h2-7H,8-9H2,1H3,(H,19,20). The molecule has 2 rings (SSSR count). The zero-order valence-corrected chi connectivity index (χ0v) is 12.1. The maximum absolute atomic E-state index is 12.3. The van der Waals surface area contributed by atoms with E-state index >= 15 is 0 Å². The van der Waals surface area contributed by atoms with Gasteiger partial charge in [0.15, 0.2) is 5.76 Å². The second-order valence-corrected chi connectivity index (χ2v) is 4.54. The van der Waals surface area contributed by atoms with Gasteiger partial charge in [-0.2, -0.15) is 0 Å². The Kier molecular flexibility index (Phi) is 5.28. The molecule has 124 valence electrons. The third-order valence-electron chi connectivity index (χ3n) is 2.81. The van der Waals surface area contributed by atoms with Gasteiger partial charge in [-0.3, -0.25) is 4.79 Å². The van der Waals surface area contributed by atoms with Crippen molar-refractivity contribution >= 4 is 5.91 Å². The molecule has 23 heavy (non-hydrogen) atoms. The molecule has 0 spiro atoms. The number of rotatable bonds is 6. The van der Waals surface area contributed by atoms with Crippen LogP contribution in [0, 0.1) is 0 Å². The van der Waals surface area contributed by atoms with Gasteiger partial charge in [0.05, 0.1) is 0 Å². The molecule has 0 aliphatic rings. The summed E-state index contributed by atoms with van der Waals surface area (Å²) in [5.41, 5.74) is 0.196. The zero-order chi connectivity index (χ0) is 16.9. The van der Waals surface area contributed by atoms with E-state index in [9.17, 15) is 18.0 Å². The normalized spacial score (nSPS) is 11.3. The predicted molar refractivity (Wildman–Crippen MR) is 73.7 cm³/mol. The summed E-state index contributed by atoms with van der Waals surface area (Å²) in [5, 5.41) is 2.48. The first-order chi connectivity index (χ1) is 10.9. The largest absolute Gasteiger partial charge is 0.573 e. The van der Waals surface area contributed by atoms with Crippen LogP contribution in [-0.2, 0) is 17.9 Å². The summed E-state index contributed by atoms with van der Waals surface area (Å²) < 4.78 is 51.0. The van der Waals surface area contributed by atoms with E-state index in [2.05, 4.69) is 10.1 Å². The second kappa shape index (κ2) is 7.19. The first kappa shape index (κ1) is 16.9. The van der Waals surface area contributed by atoms with Gasteiger partial charge < -0.3 is 19.2 Å². The lowest BCUT2D eigenvalue weighted by Crippen LogP contribution is -2.24. The van der Waals surface area contributed by atoms with Gasteiger partial charge in [0.2, 0.25) is 0 Å². The number of para-hydroxylation sites is 1. The number of hydrogen-bond acceptors (Lipinski definition) is 4. The first-order valence-corrected chi connectivity index (χ1v) is 6.58. The number of alkyl halides is 3. The van der Waals surface area contributed by atoms with E-state index in [1.54, 1.807) is 12.1 Å². The molecule has 0 aliphatic carbocycles. The molecule has 0 aliphatic heterocycles. The minimum Gasteiger partial charge on any atom is -0.453 e. The molecule has 0 fully saturated rings. The number of methoxy groups -OCH3 is 1. The summed E-state index contributed by atoms with van der Waals surface area (Å²) in [6.45, 7) is 0.0843. The van der Waals surface area contributed by atoms with E-state index in [0.717, 1.165) is 0 Å². The predicted octanol–water partition coefficient (Wildman–Crippen LogP) is 3.25. The lowest BCUT2D eigenvalue weighted by Gasteiger charge is -2.13. The van der Waals surface area contributed by atoms with Crippen molar-refractivity contribution in [1.29, 1.82) is 0 Å². The number of benzene rings is 1. The summed E-state index contributed by atoms with van der Waals surface area (Å²) >= 11 is 0. The molecule has 1 aromatic heterocycles. The van der Waals surface area contributed by atoms with E-state index in [1.807, 2.05) is 0 Å². The zero-order valence-electron chi connectivity index (χ0n) is 12.1. The van der Waals surface area contributed by atoms with Gasteiger partial charge in [0.1, 0.15) is 18.1 Å². The molecule has 0 atom stereocenters. The lowest BCUT2D eigenvalue weighted by atomic mass is 10.2. The topological polar surface area (TPSA) is 60.7 Å². The lowest BCUT2D eigenvalue weighted by molar-refractivity contribution is -0.274. The Labute approximate surface area is 130 Å². The second-order valence-electron chi connectivity index (χ2n) is 4.54. The summed E-state index contributed by atoms with van der Waals surface area (Å²) in [6, 6.07) is 8.61. The van der Waals surface area contributed by atoms with Crippen LogP contribution in [0.2, 0.25) is 0 Å². The number of nitrogens with one attached hydrogen (secondary N) is 1. The van der Waals surface area contributed by atoms with Gasteiger partial charge in [0, 0.05) is 19.2 Å². The number of hydrogen-bond donors (Lipinski definition) is 1. The summed E-state index contributed by atoms with van der Waals surface area (Å²) in [5.74, 6) is -0.390. The van der Waals surface area contributed by atoms with Crippen LogP contribution >= 0.6 is 0 Å². The van der Waals surface area contributed by atoms with E-state index in [1.165, 1.54) is 31.4 Å². The van der Waals surface area contributed by atoms with Crippen LogP contribution in [0.4, 0.5) is 13.2 Å². The Bertz CT molecular complexity index is 667. The minimum absolute atomic E-state index is 0.0475. The Morgan fingerprint density at radius 2 is 1.96 bits per heavy atom. The van der Waals surface area contributed by atoms with Gasteiger partial charge in [0.25, 0.3) is 5.91 Å². The number of ether oxygens (including phenoxy) is 2.